The van der Waals surface area contributed by atoms with Crippen molar-refractivity contribution >= 4 is 17.4 Å². The molecule has 0 spiro atoms. The molecule has 5 heteroatoms. The van der Waals surface area contributed by atoms with Gasteiger partial charge in [0.15, 0.2) is 5.78 Å². The minimum Gasteiger partial charge on any atom is -0.494 e. The highest BCUT2D eigenvalue weighted by Gasteiger charge is 2.16. The molecule has 0 radical (unpaired) electrons. The highest BCUT2D eigenvalue weighted by molar-refractivity contribution is 6.30. The third kappa shape index (κ3) is 3.02. The van der Waals surface area contributed by atoms with Gasteiger partial charge in [0.05, 0.1) is 12.3 Å². The van der Waals surface area contributed by atoms with E-state index in [1.165, 1.54) is 0 Å². The third-order valence-electron chi connectivity index (χ3n) is 3.09. The van der Waals surface area contributed by atoms with Crippen LogP contribution in [0.2, 0.25) is 5.15 Å². The molecule has 0 amide bonds. The zero-order valence-electron chi connectivity index (χ0n) is 11.8. The maximum Gasteiger partial charge on any atom is 0.167 e. The molecule has 2 aromatic rings. The Hall–Kier alpha value is -1.81. The number of Topliss-reactive ketones (excluding diaryl/α,β-unsaturated/α-hetero) is 1. The van der Waals surface area contributed by atoms with Gasteiger partial charge in [-0.2, -0.15) is 5.10 Å². The van der Waals surface area contributed by atoms with Crippen LogP contribution in [-0.4, -0.2) is 22.2 Å². The van der Waals surface area contributed by atoms with E-state index in [1.54, 1.807) is 36.0 Å². The molecular weight excluding hydrogens is 276 g/mol. The monoisotopic (exact) mass is 292 g/mol. The Morgan fingerprint density at radius 1 is 1.35 bits per heavy atom. The summed E-state index contributed by atoms with van der Waals surface area (Å²) in [5.41, 5.74) is 2.22. The van der Waals surface area contributed by atoms with E-state index in [0.717, 1.165) is 17.0 Å². The molecule has 0 aliphatic heterocycles. The summed E-state index contributed by atoms with van der Waals surface area (Å²) in [6.45, 7) is 4.39. The molecule has 106 valence electrons. The number of ketones is 1. The smallest absolute Gasteiger partial charge is 0.167 e. The van der Waals surface area contributed by atoms with Gasteiger partial charge in [-0.15, -0.1) is 0 Å². The summed E-state index contributed by atoms with van der Waals surface area (Å²) in [7, 11) is 1.76. The number of rotatable bonds is 5. The lowest BCUT2D eigenvalue weighted by molar-refractivity contribution is 0.0992. The Morgan fingerprint density at radius 2 is 2.00 bits per heavy atom. The summed E-state index contributed by atoms with van der Waals surface area (Å²) in [4.78, 5) is 12.3. The molecular formula is C15H17ClN2O2. The van der Waals surface area contributed by atoms with Crippen LogP contribution in [0.25, 0.3) is 0 Å². The van der Waals surface area contributed by atoms with Gasteiger partial charge >= 0.3 is 0 Å². The van der Waals surface area contributed by atoms with E-state index in [4.69, 9.17) is 16.3 Å². The van der Waals surface area contributed by atoms with E-state index in [9.17, 15) is 4.79 Å². The summed E-state index contributed by atoms with van der Waals surface area (Å²) in [5, 5.41) is 4.72. The van der Waals surface area contributed by atoms with Crippen molar-refractivity contribution in [3.05, 3.63) is 46.2 Å². The van der Waals surface area contributed by atoms with Crippen LogP contribution in [0.4, 0.5) is 0 Å². The van der Waals surface area contributed by atoms with E-state index in [-0.39, 0.29) is 12.2 Å². The van der Waals surface area contributed by atoms with Crippen molar-refractivity contribution in [2.75, 3.05) is 6.61 Å². The summed E-state index contributed by atoms with van der Waals surface area (Å²) in [6.07, 6.45) is 0.256. The fraction of sp³-hybridized carbons (Fsp3) is 0.333. The van der Waals surface area contributed by atoms with Crippen molar-refractivity contribution in [3.63, 3.8) is 0 Å². The van der Waals surface area contributed by atoms with Crippen LogP contribution in [-0.2, 0) is 13.5 Å². The summed E-state index contributed by atoms with van der Waals surface area (Å²) in [5.74, 6) is 0.783. The van der Waals surface area contributed by atoms with Crippen molar-refractivity contribution in [2.24, 2.45) is 7.05 Å². The number of ether oxygens (including phenoxy) is 1. The fourth-order valence-electron chi connectivity index (χ4n) is 2.04. The Bertz CT molecular complexity index is 618. The first kappa shape index (κ1) is 14.6. The van der Waals surface area contributed by atoms with Gasteiger partial charge in [0, 0.05) is 24.6 Å². The Kier molecular flexibility index (Phi) is 4.45. The number of nitrogens with zero attached hydrogens (tertiary/aromatic N) is 2. The van der Waals surface area contributed by atoms with Gasteiger partial charge in [0.1, 0.15) is 10.9 Å². The van der Waals surface area contributed by atoms with Crippen molar-refractivity contribution in [1.82, 2.24) is 9.78 Å². The molecule has 1 aromatic carbocycles. The molecule has 20 heavy (non-hydrogen) atoms. The molecule has 2 rings (SSSR count). The van der Waals surface area contributed by atoms with Crippen LogP contribution < -0.4 is 4.74 Å². The number of hydrogen-bond acceptors (Lipinski definition) is 3. The van der Waals surface area contributed by atoms with Crippen LogP contribution in [0.3, 0.4) is 0 Å². The highest BCUT2D eigenvalue weighted by atomic mass is 35.5. The maximum absolute atomic E-state index is 12.3. The van der Waals surface area contributed by atoms with E-state index in [0.29, 0.717) is 17.3 Å². The van der Waals surface area contributed by atoms with Crippen LogP contribution in [0.1, 0.15) is 28.5 Å². The summed E-state index contributed by atoms with van der Waals surface area (Å²) >= 11 is 6.14. The zero-order valence-corrected chi connectivity index (χ0v) is 12.6. The summed E-state index contributed by atoms with van der Waals surface area (Å²) < 4.78 is 6.94. The van der Waals surface area contributed by atoms with Crippen molar-refractivity contribution in [1.29, 1.82) is 0 Å². The van der Waals surface area contributed by atoms with Crippen LogP contribution >= 0.6 is 11.6 Å². The lowest BCUT2D eigenvalue weighted by Gasteiger charge is -2.05. The Morgan fingerprint density at radius 3 is 2.50 bits per heavy atom. The average Bonchev–Trinajstić information content (AvgIpc) is 2.66. The van der Waals surface area contributed by atoms with Gasteiger partial charge in [-0.05, 0) is 38.1 Å². The number of carbonyl (C=O) groups excluding carboxylic acids is 1. The average molecular weight is 293 g/mol. The van der Waals surface area contributed by atoms with Crippen LogP contribution in [0, 0.1) is 6.92 Å². The second-order valence-corrected chi connectivity index (χ2v) is 4.89. The van der Waals surface area contributed by atoms with E-state index in [2.05, 4.69) is 5.10 Å². The molecule has 4 nitrogen and oxygen atoms in total. The van der Waals surface area contributed by atoms with Gasteiger partial charge in [0.25, 0.3) is 0 Å². The molecule has 0 aliphatic rings. The number of aromatic nitrogens is 2. The minimum atomic E-state index is 0.0195. The first-order valence-corrected chi connectivity index (χ1v) is 6.84. The van der Waals surface area contributed by atoms with Crippen LogP contribution in [0.15, 0.2) is 24.3 Å². The Labute approximate surface area is 123 Å². The maximum atomic E-state index is 12.3. The largest absolute Gasteiger partial charge is 0.494 e. The summed E-state index contributed by atoms with van der Waals surface area (Å²) in [6, 6.07) is 7.14. The van der Waals surface area contributed by atoms with Crippen LogP contribution in [0.5, 0.6) is 5.75 Å². The number of benzene rings is 1. The molecule has 0 N–H and O–H groups in total. The lowest BCUT2D eigenvalue weighted by atomic mass is 10.0. The minimum absolute atomic E-state index is 0.0195. The first-order valence-electron chi connectivity index (χ1n) is 6.47. The SMILES string of the molecule is CCOc1ccc(C(=O)Cc2c(C)nn(C)c2Cl)cc1. The molecule has 0 saturated heterocycles. The van der Waals surface area contributed by atoms with Gasteiger partial charge in [-0.25, -0.2) is 0 Å². The number of carbonyl (C=O) groups is 1. The molecule has 0 aliphatic carbocycles. The highest BCUT2D eigenvalue weighted by Crippen LogP contribution is 2.21. The molecule has 0 unspecified atom stereocenters. The standard InChI is InChI=1S/C15H17ClN2O2/c1-4-20-12-7-5-11(6-8-12)14(19)9-13-10(2)17-18(3)15(13)16/h5-8H,4,9H2,1-3H3. The molecule has 1 aromatic heterocycles. The number of halogens is 1. The number of aryl methyl sites for hydroxylation is 2. The van der Waals surface area contributed by atoms with E-state index < -0.39 is 0 Å². The normalized spacial score (nSPS) is 10.6. The number of hydrogen-bond donors (Lipinski definition) is 0. The van der Waals surface area contributed by atoms with E-state index >= 15 is 0 Å². The first-order chi connectivity index (χ1) is 9.52. The second kappa shape index (κ2) is 6.09. The zero-order chi connectivity index (χ0) is 14.7. The van der Waals surface area contributed by atoms with E-state index in [1.807, 2.05) is 13.8 Å². The molecule has 0 saturated carbocycles. The molecule has 0 fully saturated rings. The topological polar surface area (TPSA) is 44.1 Å². The van der Waals surface area contributed by atoms with Gasteiger partial charge < -0.3 is 4.74 Å². The molecule has 1 heterocycles. The quantitative estimate of drug-likeness (QED) is 0.795. The van der Waals surface area contributed by atoms with Crippen molar-refractivity contribution < 1.29 is 9.53 Å². The van der Waals surface area contributed by atoms with Gasteiger partial charge in [-0.3, -0.25) is 9.48 Å². The van der Waals surface area contributed by atoms with Gasteiger partial charge in [0.2, 0.25) is 0 Å². The predicted molar refractivity (Wildman–Crippen MR) is 78.6 cm³/mol. The Balaban J connectivity index is 2.15. The van der Waals surface area contributed by atoms with Crippen molar-refractivity contribution in [3.8, 4) is 5.75 Å². The van der Waals surface area contributed by atoms with Gasteiger partial charge in [-0.1, -0.05) is 11.6 Å². The lowest BCUT2D eigenvalue weighted by Crippen LogP contribution is -2.04. The fourth-order valence-corrected chi connectivity index (χ4v) is 2.28. The second-order valence-electron chi connectivity index (χ2n) is 4.54. The molecule has 0 bridgehead atoms. The van der Waals surface area contributed by atoms with Crippen molar-refractivity contribution in [2.45, 2.75) is 20.3 Å². The molecule has 0 atom stereocenters. The third-order valence-corrected chi connectivity index (χ3v) is 3.57. The predicted octanol–water partition coefficient (Wildman–Crippen LogP) is 3.21.